The van der Waals surface area contributed by atoms with Crippen molar-refractivity contribution < 1.29 is 28.0 Å². The number of hydrogen-bond acceptors (Lipinski definition) is 8. The first-order chi connectivity index (χ1) is 16.9. The van der Waals surface area contributed by atoms with Crippen LogP contribution >= 0.6 is 0 Å². The zero-order valence-electron chi connectivity index (χ0n) is 19.8. The number of amides is 1. The molecular formula is C25H27N3O6S. The molecule has 0 aliphatic rings. The highest BCUT2D eigenvalue weighted by Gasteiger charge is 2.19. The molecule has 184 valence electrons. The lowest BCUT2D eigenvalue weighted by atomic mass is 10.2. The van der Waals surface area contributed by atoms with E-state index in [1.54, 1.807) is 49.6 Å². The van der Waals surface area contributed by atoms with Crippen LogP contribution in [-0.4, -0.2) is 40.3 Å². The van der Waals surface area contributed by atoms with Gasteiger partial charge in [-0.05, 0) is 36.8 Å². The van der Waals surface area contributed by atoms with Gasteiger partial charge in [-0.25, -0.2) is 4.98 Å². The third kappa shape index (κ3) is 7.10. The van der Waals surface area contributed by atoms with Gasteiger partial charge in [-0.15, -0.1) is 0 Å². The SMILES string of the molecule is CCCC(=O)OCc1cc(NC(=O)c2cccnc2S(=O)Cc2ccc(OC)cc2OC)ccn1. The number of carbonyl (C=O) groups is 2. The molecule has 35 heavy (non-hydrogen) atoms. The zero-order chi connectivity index (χ0) is 25.2. The Balaban J connectivity index is 1.74. The molecule has 0 bridgehead atoms. The minimum Gasteiger partial charge on any atom is -0.497 e. The highest BCUT2D eigenvalue weighted by molar-refractivity contribution is 7.84. The number of hydrogen-bond donors (Lipinski definition) is 1. The van der Waals surface area contributed by atoms with Gasteiger partial charge in [0.15, 0.2) is 0 Å². The van der Waals surface area contributed by atoms with Crippen LogP contribution in [-0.2, 0) is 32.7 Å². The predicted octanol–water partition coefficient (Wildman–Crippen LogP) is 3.90. The number of anilines is 1. The van der Waals surface area contributed by atoms with Crippen molar-refractivity contribution in [2.24, 2.45) is 0 Å². The van der Waals surface area contributed by atoms with Crippen molar-refractivity contribution in [3.8, 4) is 11.5 Å². The van der Waals surface area contributed by atoms with Crippen molar-refractivity contribution in [2.75, 3.05) is 19.5 Å². The summed E-state index contributed by atoms with van der Waals surface area (Å²) in [5, 5.41) is 2.93. The number of nitrogens with zero attached hydrogens (tertiary/aromatic N) is 2. The van der Waals surface area contributed by atoms with E-state index in [0.29, 0.717) is 41.3 Å². The molecule has 10 heteroatoms. The van der Waals surface area contributed by atoms with Crippen LogP contribution in [0.25, 0.3) is 0 Å². The Kier molecular flexibility index (Phi) is 9.31. The summed E-state index contributed by atoms with van der Waals surface area (Å²) in [5.41, 5.74) is 1.84. The van der Waals surface area contributed by atoms with E-state index in [4.69, 9.17) is 14.2 Å². The third-order valence-electron chi connectivity index (χ3n) is 4.92. The lowest BCUT2D eigenvalue weighted by molar-refractivity contribution is -0.145. The summed E-state index contributed by atoms with van der Waals surface area (Å²) in [7, 11) is 1.45. The summed E-state index contributed by atoms with van der Waals surface area (Å²) in [4.78, 5) is 33.0. The first kappa shape index (κ1) is 25.8. The fourth-order valence-electron chi connectivity index (χ4n) is 3.19. The second-order valence-corrected chi connectivity index (χ2v) is 8.79. The molecule has 3 aromatic rings. The van der Waals surface area contributed by atoms with E-state index in [2.05, 4.69) is 15.3 Å². The Hall–Kier alpha value is -3.79. The monoisotopic (exact) mass is 497 g/mol. The molecule has 0 radical (unpaired) electrons. The van der Waals surface area contributed by atoms with E-state index in [9.17, 15) is 13.8 Å². The van der Waals surface area contributed by atoms with E-state index in [0.717, 1.165) is 0 Å². The summed E-state index contributed by atoms with van der Waals surface area (Å²) in [6.07, 6.45) is 4.03. The number of aromatic nitrogens is 2. The lowest BCUT2D eigenvalue weighted by Gasteiger charge is -2.12. The average molecular weight is 498 g/mol. The van der Waals surface area contributed by atoms with E-state index >= 15 is 0 Å². The van der Waals surface area contributed by atoms with E-state index in [1.165, 1.54) is 19.5 Å². The van der Waals surface area contributed by atoms with Crippen LogP contribution in [0.15, 0.2) is 59.9 Å². The maximum Gasteiger partial charge on any atom is 0.306 e. The van der Waals surface area contributed by atoms with Crippen molar-refractivity contribution in [3.63, 3.8) is 0 Å². The quantitative estimate of drug-likeness (QED) is 0.397. The van der Waals surface area contributed by atoms with Crippen molar-refractivity contribution >= 4 is 28.4 Å². The van der Waals surface area contributed by atoms with Gasteiger partial charge >= 0.3 is 5.97 Å². The molecule has 0 aliphatic heterocycles. The Morgan fingerprint density at radius 1 is 1.03 bits per heavy atom. The summed E-state index contributed by atoms with van der Waals surface area (Å²) in [6.45, 7) is 1.90. The Bertz CT molecular complexity index is 1220. The third-order valence-corrected chi connectivity index (χ3v) is 6.25. The van der Waals surface area contributed by atoms with Gasteiger partial charge in [0.1, 0.15) is 23.1 Å². The molecule has 0 aliphatic carbocycles. The Labute approximate surface area is 206 Å². The molecule has 3 rings (SSSR count). The first-order valence-electron chi connectivity index (χ1n) is 10.9. The van der Waals surface area contributed by atoms with Crippen molar-refractivity contribution in [1.82, 2.24) is 9.97 Å². The molecular weight excluding hydrogens is 470 g/mol. The summed E-state index contributed by atoms with van der Waals surface area (Å²) >= 11 is 0. The highest BCUT2D eigenvalue weighted by Crippen LogP contribution is 2.27. The van der Waals surface area contributed by atoms with Crippen LogP contribution in [0.2, 0.25) is 0 Å². The summed E-state index contributed by atoms with van der Waals surface area (Å²) in [5.74, 6) is 0.477. The number of benzene rings is 1. The molecule has 0 saturated carbocycles. The van der Waals surface area contributed by atoms with Gasteiger partial charge in [0.05, 0.1) is 42.0 Å². The number of rotatable bonds is 11. The van der Waals surface area contributed by atoms with Crippen molar-refractivity contribution in [2.45, 2.75) is 37.2 Å². The van der Waals surface area contributed by atoms with Gasteiger partial charge in [-0.1, -0.05) is 13.0 Å². The number of methoxy groups -OCH3 is 2. The van der Waals surface area contributed by atoms with Crippen LogP contribution in [0.3, 0.4) is 0 Å². The maximum absolute atomic E-state index is 13.2. The second-order valence-electron chi connectivity index (χ2n) is 7.42. The second kappa shape index (κ2) is 12.6. The fraction of sp³-hybridized carbons (Fsp3) is 0.280. The molecule has 2 heterocycles. The summed E-state index contributed by atoms with van der Waals surface area (Å²) < 4.78 is 29.0. The maximum atomic E-state index is 13.2. The molecule has 0 fully saturated rings. The average Bonchev–Trinajstić information content (AvgIpc) is 2.88. The van der Waals surface area contributed by atoms with Crippen LogP contribution in [0.5, 0.6) is 11.5 Å². The van der Waals surface area contributed by atoms with Crippen LogP contribution < -0.4 is 14.8 Å². The number of ether oxygens (including phenoxy) is 3. The number of pyridine rings is 2. The van der Waals surface area contributed by atoms with Crippen molar-refractivity contribution in [3.05, 3.63) is 71.7 Å². The minimum atomic E-state index is -1.62. The Morgan fingerprint density at radius 2 is 1.86 bits per heavy atom. The standard InChI is InChI=1S/C25H27N3O6S/c1-4-6-23(29)34-15-19-13-18(10-12-26-19)28-24(30)21-7-5-11-27-25(21)35(31)16-17-8-9-20(32-2)14-22(17)33-3/h5,7-14H,4,6,15-16H2,1-3H3,(H,26,28,30). The van der Waals surface area contributed by atoms with Crippen molar-refractivity contribution in [1.29, 1.82) is 0 Å². The molecule has 1 aromatic carbocycles. The number of carbonyl (C=O) groups excluding carboxylic acids is 2. The predicted molar refractivity (Wildman–Crippen MR) is 131 cm³/mol. The van der Waals surface area contributed by atoms with Gasteiger partial charge in [0.2, 0.25) is 0 Å². The van der Waals surface area contributed by atoms with E-state index in [-0.39, 0.29) is 28.9 Å². The van der Waals surface area contributed by atoms with E-state index < -0.39 is 16.7 Å². The molecule has 1 unspecified atom stereocenters. The largest absolute Gasteiger partial charge is 0.497 e. The van der Waals surface area contributed by atoms with Gasteiger partial charge in [-0.2, -0.15) is 0 Å². The van der Waals surface area contributed by atoms with Gasteiger partial charge in [0, 0.05) is 36.1 Å². The zero-order valence-corrected chi connectivity index (χ0v) is 20.6. The van der Waals surface area contributed by atoms with Crippen LogP contribution in [0, 0.1) is 0 Å². The normalized spacial score (nSPS) is 11.4. The molecule has 1 N–H and O–H groups in total. The molecule has 0 spiro atoms. The van der Waals surface area contributed by atoms with Gasteiger partial charge in [-0.3, -0.25) is 18.8 Å². The minimum absolute atomic E-state index is 0.00833. The Morgan fingerprint density at radius 3 is 2.60 bits per heavy atom. The molecule has 1 atom stereocenters. The highest BCUT2D eigenvalue weighted by atomic mass is 32.2. The number of esters is 1. The van der Waals surface area contributed by atoms with Gasteiger partial charge in [0.25, 0.3) is 5.91 Å². The van der Waals surface area contributed by atoms with E-state index in [1.807, 2.05) is 6.92 Å². The van der Waals surface area contributed by atoms with Gasteiger partial charge < -0.3 is 19.5 Å². The molecule has 0 saturated heterocycles. The topological polar surface area (TPSA) is 117 Å². The summed E-state index contributed by atoms with van der Waals surface area (Å²) in [6, 6.07) is 11.6. The molecule has 2 aromatic heterocycles. The van der Waals surface area contributed by atoms with Crippen LogP contribution in [0.4, 0.5) is 5.69 Å². The number of nitrogens with one attached hydrogen (secondary N) is 1. The smallest absolute Gasteiger partial charge is 0.306 e. The molecule has 1 amide bonds. The molecule has 9 nitrogen and oxygen atoms in total. The fourth-order valence-corrected chi connectivity index (χ4v) is 4.43. The first-order valence-corrected chi connectivity index (χ1v) is 12.2. The lowest BCUT2D eigenvalue weighted by Crippen LogP contribution is -2.16. The van der Waals surface area contributed by atoms with Crippen LogP contribution in [0.1, 0.15) is 41.4 Å².